The van der Waals surface area contributed by atoms with E-state index in [0.29, 0.717) is 23.5 Å². The second kappa shape index (κ2) is 11.2. The zero-order valence-corrected chi connectivity index (χ0v) is 20.0. The van der Waals surface area contributed by atoms with Crippen LogP contribution in [0.1, 0.15) is 5.56 Å². The summed E-state index contributed by atoms with van der Waals surface area (Å²) in [5.41, 5.74) is 4.24. The number of anilines is 2. The number of carbonyl (C=O) groups excluding carboxylic acids is 1. The van der Waals surface area contributed by atoms with Crippen molar-refractivity contribution in [3.8, 4) is 5.75 Å². The van der Waals surface area contributed by atoms with E-state index in [-0.39, 0.29) is 24.6 Å². The summed E-state index contributed by atoms with van der Waals surface area (Å²) in [6.45, 7) is 0.178. The third-order valence-electron chi connectivity index (χ3n) is 4.84. The van der Waals surface area contributed by atoms with Gasteiger partial charge in [0.15, 0.2) is 0 Å². The molecule has 0 aliphatic rings. The lowest BCUT2D eigenvalue weighted by Gasteiger charge is -2.28. The van der Waals surface area contributed by atoms with Gasteiger partial charge in [-0.25, -0.2) is 5.14 Å². The van der Waals surface area contributed by atoms with E-state index in [0.717, 1.165) is 9.87 Å². The van der Waals surface area contributed by atoms with Crippen LogP contribution in [-0.4, -0.2) is 40.9 Å². The van der Waals surface area contributed by atoms with Gasteiger partial charge in [0.05, 0.1) is 29.4 Å². The largest absolute Gasteiger partial charge is 0.489 e. The summed E-state index contributed by atoms with van der Waals surface area (Å²) in [4.78, 5) is 11.0. The molecular weight excluding hydrogens is 496 g/mol. The summed E-state index contributed by atoms with van der Waals surface area (Å²) in [5.74, 6) is 0.386. The van der Waals surface area contributed by atoms with Gasteiger partial charge in [-0.2, -0.15) is 16.8 Å². The average Bonchev–Trinajstić information content (AvgIpc) is 2.82. The Balaban J connectivity index is 1.71. The number of amides is 1. The third-order valence-corrected chi connectivity index (χ3v) is 6.71. The molecule has 3 rings (SSSR count). The Hall–Kier alpha value is -3.65. The van der Waals surface area contributed by atoms with Crippen LogP contribution in [0.4, 0.5) is 11.4 Å². The quantitative estimate of drug-likeness (QED) is 0.185. The molecule has 3 aromatic rings. The van der Waals surface area contributed by atoms with E-state index in [1.807, 2.05) is 0 Å². The topological polar surface area (TPSA) is 159 Å². The summed E-state index contributed by atoms with van der Waals surface area (Å²) in [6, 6.07) is 20.6. The molecule has 0 aromatic heterocycles. The number of hydrogen-bond acceptors (Lipinski definition) is 7. The molecule has 0 atom stereocenters. The predicted molar refractivity (Wildman–Crippen MR) is 130 cm³/mol. The molecule has 0 radical (unpaired) electrons. The molecule has 0 heterocycles. The fraction of sp³-hybridized carbons (Fsp3) is 0.136. The van der Waals surface area contributed by atoms with Crippen LogP contribution in [0.15, 0.2) is 83.8 Å². The predicted octanol–water partition coefficient (Wildman–Crippen LogP) is 1.69. The van der Waals surface area contributed by atoms with Crippen molar-refractivity contribution in [3.05, 3.63) is 84.4 Å². The van der Waals surface area contributed by atoms with Crippen LogP contribution < -0.4 is 24.6 Å². The molecule has 11 nitrogen and oxygen atoms in total. The van der Waals surface area contributed by atoms with Crippen molar-refractivity contribution in [3.63, 3.8) is 0 Å². The molecule has 0 spiro atoms. The smallest absolute Gasteiger partial charge is 0.299 e. The minimum Gasteiger partial charge on any atom is -0.489 e. The minimum absolute atomic E-state index is 0.0372. The maximum Gasteiger partial charge on any atom is 0.299 e. The molecule has 0 aliphatic carbocycles. The molecular formula is C22H24N4O7S2. The first-order chi connectivity index (χ1) is 16.6. The number of benzene rings is 3. The monoisotopic (exact) mass is 520 g/mol. The third kappa shape index (κ3) is 7.42. The Morgan fingerprint density at radius 3 is 2.14 bits per heavy atom. The van der Waals surface area contributed by atoms with Crippen LogP contribution in [0.3, 0.4) is 0 Å². The highest BCUT2D eigenvalue weighted by Gasteiger charge is 2.19. The normalized spacial score (nSPS) is 11.5. The van der Waals surface area contributed by atoms with Crippen LogP contribution >= 0.6 is 0 Å². The van der Waals surface area contributed by atoms with Crippen LogP contribution in [0, 0.1) is 0 Å². The lowest BCUT2D eigenvalue weighted by atomic mass is 10.2. The van der Waals surface area contributed by atoms with Gasteiger partial charge < -0.3 is 4.74 Å². The van der Waals surface area contributed by atoms with Crippen molar-refractivity contribution in [2.45, 2.75) is 11.5 Å². The highest BCUT2D eigenvalue weighted by molar-refractivity contribution is 7.90. The van der Waals surface area contributed by atoms with Crippen molar-refractivity contribution >= 4 is 38.1 Å². The Labute approximate surface area is 203 Å². The van der Waals surface area contributed by atoms with Crippen LogP contribution in [0.25, 0.3) is 0 Å². The molecule has 4 N–H and O–H groups in total. The van der Waals surface area contributed by atoms with E-state index in [1.165, 1.54) is 29.3 Å². The van der Waals surface area contributed by atoms with Gasteiger partial charge in [0.1, 0.15) is 12.4 Å². The number of carbonyl (C=O) groups is 1. The zero-order valence-electron chi connectivity index (χ0n) is 18.4. The highest BCUT2D eigenvalue weighted by Crippen LogP contribution is 2.20. The van der Waals surface area contributed by atoms with Gasteiger partial charge in [0, 0.05) is 0 Å². The second-order valence-electron chi connectivity index (χ2n) is 7.26. The number of rotatable bonds is 12. The molecule has 0 saturated heterocycles. The molecule has 35 heavy (non-hydrogen) atoms. The number of ether oxygens (including phenoxy) is 1. The van der Waals surface area contributed by atoms with Crippen LogP contribution in [0.2, 0.25) is 0 Å². The molecule has 0 saturated carbocycles. The summed E-state index contributed by atoms with van der Waals surface area (Å²) >= 11 is 0. The number of hydrogen-bond donors (Lipinski definition) is 3. The van der Waals surface area contributed by atoms with Gasteiger partial charge >= 0.3 is 0 Å². The molecule has 13 heteroatoms. The van der Waals surface area contributed by atoms with Crippen LogP contribution in [-0.2, 0) is 31.7 Å². The molecule has 0 unspecified atom stereocenters. The van der Waals surface area contributed by atoms with Crippen molar-refractivity contribution < 1.29 is 30.9 Å². The van der Waals surface area contributed by atoms with E-state index >= 15 is 0 Å². The number of nitrogens with one attached hydrogen (secondary N) is 1. The van der Waals surface area contributed by atoms with Gasteiger partial charge in [0.2, 0.25) is 6.41 Å². The van der Waals surface area contributed by atoms with Crippen molar-refractivity contribution in [1.29, 1.82) is 0 Å². The van der Waals surface area contributed by atoms with Crippen LogP contribution in [0.5, 0.6) is 5.75 Å². The highest BCUT2D eigenvalue weighted by atomic mass is 32.2. The number of nitrogens with zero attached hydrogens (tertiary/aromatic N) is 2. The van der Waals surface area contributed by atoms with E-state index in [9.17, 15) is 21.6 Å². The maximum absolute atomic E-state index is 12.1. The second-order valence-corrected chi connectivity index (χ2v) is 10.1. The lowest BCUT2D eigenvalue weighted by molar-refractivity contribution is -0.109. The standard InChI is InChI=1S/C22H24N4O7S2/c23-35(31,32)26(19-6-2-1-3-7-19)14-13-25(24-17-27)20-8-4-5-18(15-20)16-33-21-9-11-22(12-10-21)34(28,29)30/h1-12,15,17H,13-14,16H2,(H,24,27)(H2,23,31,32)(H,28,29,30). The summed E-state index contributed by atoms with van der Waals surface area (Å²) in [5, 5.41) is 6.86. The first-order valence-electron chi connectivity index (χ1n) is 10.2. The van der Waals surface area contributed by atoms with Gasteiger partial charge in [0.25, 0.3) is 20.3 Å². The minimum atomic E-state index is -4.29. The first-order valence-corrected chi connectivity index (χ1v) is 13.1. The molecule has 0 fully saturated rings. The van der Waals surface area contributed by atoms with E-state index in [2.05, 4.69) is 5.43 Å². The van der Waals surface area contributed by atoms with Gasteiger partial charge in [-0.1, -0.05) is 30.3 Å². The lowest BCUT2D eigenvalue weighted by Crippen LogP contribution is -2.46. The number of nitrogens with two attached hydrogens (primary N) is 1. The summed E-state index contributed by atoms with van der Waals surface area (Å²) in [6.07, 6.45) is 0.476. The fourth-order valence-electron chi connectivity index (χ4n) is 3.21. The molecule has 0 bridgehead atoms. The van der Waals surface area contributed by atoms with E-state index < -0.39 is 20.3 Å². The Kier molecular flexibility index (Phi) is 8.30. The summed E-state index contributed by atoms with van der Waals surface area (Å²) in [7, 11) is -8.34. The van der Waals surface area contributed by atoms with Crippen molar-refractivity contribution in [2.75, 3.05) is 22.4 Å². The molecule has 3 aromatic carbocycles. The van der Waals surface area contributed by atoms with Gasteiger partial charge in [-0.15, -0.1) is 0 Å². The Morgan fingerprint density at radius 2 is 1.54 bits per heavy atom. The SMILES string of the molecule is NS(=O)(=O)N(CCN(NC=O)c1cccc(COc2ccc(S(=O)(=O)O)cc2)c1)c1ccccc1. The number of hydrazine groups is 1. The van der Waals surface area contributed by atoms with Gasteiger partial charge in [-0.05, 0) is 54.1 Å². The molecule has 1 amide bonds. The van der Waals surface area contributed by atoms with Crippen molar-refractivity contribution in [2.24, 2.45) is 5.14 Å². The van der Waals surface area contributed by atoms with E-state index in [4.69, 9.17) is 14.4 Å². The van der Waals surface area contributed by atoms with Crippen molar-refractivity contribution in [1.82, 2.24) is 5.43 Å². The zero-order chi connectivity index (χ0) is 25.5. The Bertz CT molecular complexity index is 1350. The average molecular weight is 521 g/mol. The Morgan fingerprint density at radius 1 is 0.886 bits per heavy atom. The first kappa shape index (κ1) is 26.0. The van der Waals surface area contributed by atoms with Gasteiger partial charge in [-0.3, -0.25) is 24.1 Å². The molecule has 186 valence electrons. The fourth-order valence-corrected chi connectivity index (χ4v) is 4.44. The molecule has 0 aliphatic heterocycles. The summed E-state index contributed by atoms with van der Waals surface area (Å²) < 4.78 is 62.3. The number of para-hydroxylation sites is 1. The maximum atomic E-state index is 12.1. The van der Waals surface area contributed by atoms with E-state index in [1.54, 1.807) is 54.6 Å².